The third kappa shape index (κ3) is 2.24. The van der Waals surface area contributed by atoms with Crippen LogP contribution in [0.2, 0.25) is 5.02 Å². The lowest BCUT2D eigenvalue weighted by atomic mass is 10.2. The maximum absolute atomic E-state index is 11.5. The van der Waals surface area contributed by atoms with Crippen LogP contribution in [0, 0.1) is 0 Å². The Balaban J connectivity index is 2.51. The number of hydrogen-bond acceptors (Lipinski definition) is 3. The number of hydrogen-bond donors (Lipinski definition) is 0. The topological polar surface area (TPSA) is 26.3 Å². The quantitative estimate of drug-likeness (QED) is 0.762. The highest BCUT2D eigenvalue weighted by molar-refractivity contribution is 9.10. The highest BCUT2D eigenvalue weighted by atomic mass is 79.9. The Morgan fingerprint density at radius 3 is 2.94 bits per heavy atom. The molecular formula is C11H8BrClO2S. The Labute approximate surface area is 110 Å². The minimum Gasteiger partial charge on any atom is -0.462 e. The van der Waals surface area contributed by atoms with Crippen molar-refractivity contribution >= 4 is 54.9 Å². The van der Waals surface area contributed by atoms with Crippen LogP contribution in [0.15, 0.2) is 22.7 Å². The normalized spacial score (nSPS) is 10.7. The van der Waals surface area contributed by atoms with Gasteiger partial charge in [0, 0.05) is 14.6 Å². The second-order valence-corrected chi connectivity index (χ2v) is 5.54. The maximum Gasteiger partial charge on any atom is 0.348 e. The third-order valence-corrected chi connectivity index (χ3v) is 3.86. The van der Waals surface area contributed by atoms with Crippen LogP contribution >= 0.6 is 38.9 Å². The highest BCUT2D eigenvalue weighted by Crippen LogP contribution is 2.34. The lowest BCUT2D eigenvalue weighted by molar-refractivity contribution is 0.0532. The predicted octanol–water partition coefficient (Wildman–Crippen LogP) is 4.49. The molecule has 2 aromatic rings. The van der Waals surface area contributed by atoms with Crippen molar-refractivity contribution in [2.75, 3.05) is 6.61 Å². The van der Waals surface area contributed by atoms with E-state index < -0.39 is 0 Å². The van der Waals surface area contributed by atoms with Crippen LogP contribution in [0.5, 0.6) is 0 Å². The van der Waals surface area contributed by atoms with Crippen LogP contribution in [0.1, 0.15) is 16.6 Å². The van der Waals surface area contributed by atoms with Crippen molar-refractivity contribution in [3.8, 4) is 0 Å². The summed E-state index contributed by atoms with van der Waals surface area (Å²) >= 11 is 10.8. The number of thiophene rings is 1. The van der Waals surface area contributed by atoms with Gasteiger partial charge in [-0.15, -0.1) is 11.3 Å². The van der Waals surface area contributed by atoms with E-state index >= 15 is 0 Å². The molecule has 0 fully saturated rings. The lowest BCUT2D eigenvalue weighted by Gasteiger charge is -1.95. The first-order valence-electron chi connectivity index (χ1n) is 4.67. The average Bonchev–Trinajstić information content (AvgIpc) is 2.62. The first-order valence-corrected chi connectivity index (χ1v) is 6.66. The molecular weight excluding hydrogens is 312 g/mol. The molecule has 0 radical (unpaired) electrons. The van der Waals surface area contributed by atoms with Gasteiger partial charge in [-0.05, 0) is 25.1 Å². The van der Waals surface area contributed by atoms with Gasteiger partial charge in [0.25, 0.3) is 0 Å². The van der Waals surface area contributed by atoms with Gasteiger partial charge in [-0.25, -0.2) is 4.79 Å². The number of fused-ring (bicyclic) bond motifs is 1. The van der Waals surface area contributed by atoms with Gasteiger partial charge in [-0.3, -0.25) is 0 Å². The molecule has 1 heterocycles. The molecule has 0 aliphatic heterocycles. The predicted molar refractivity (Wildman–Crippen MR) is 70.5 cm³/mol. The molecule has 84 valence electrons. The van der Waals surface area contributed by atoms with Crippen LogP contribution < -0.4 is 0 Å². The summed E-state index contributed by atoms with van der Waals surface area (Å²) in [5.74, 6) is -0.295. The van der Waals surface area contributed by atoms with Gasteiger partial charge in [-0.2, -0.15) is 0 Å². The number of carbonyl (C=O) groups is 1. The summed E-state index contributed by atoms with van der Waals surface area (Å²) < 4.78 is 6.82. The van der Waals surface area contributed by atoms with E-state index in [9.17, 15) is 4.79 Å². The van der Waals surface area contributed by atoms with Crippen LogP contribution in [0.25, 0.3) is 10.1 Å². The number of halogens is 2. The summed E-state index contributed by atoms with van der Waals surface area (Å²) in [6, 6.07) is 5.52. The summed E-state index contributed by atoms with van der Waals surface area (Å²) in [7, 11) is 0. The molecule has 16 heavy (non-hydrogen) atoms. The van der Waals surface area contributed by atoms with Crippen molar-refractivity contribution in [1.29, 1.82) is 0 Å². The summed E-state index contributed by atoms with van der Waals surface area (Å²) in [6.07, 6.45) is 0. The molecule has 0 saturated heterocycles. The molecule has 0 aliphatic carbocycles. The molecule has 0 spiro atoms. The number of esters is 1. The standard InChI is InChI=1S/C11H8BrClO2S/c1-2-15-11(14)10-5-7-8(13)3-6(12)4-9(7)16-10/h3-5H,2H2,1H3. The Morgan fingerprint density at radius 1 is 1.50 bits per heavy atom. The van der Waals surface area contributed by atoms with Gasteiger partial charge in [0.15, 0.2) is 0 Å². The molecule has 0 unspecified atom stereocenters. The zero-order valence-corrected chi connectivity index (χ0v) is 11.6. The van der Waals surface area contributed by atoms with E-state index in [1.807, 2.05) is 12.1 Å². The Morgan fingerprint density at radius 2 is 2.25 bits per heavy atom. The zero-order valence-electron chi connectivity index (χ0n) is 8.42. The molecule has 0 atom stereocenters. The van der Waals surface area contributed by atoms with Crippen LogP contribution in [0.4, 0.5) is 0 Å². The minimum absolute atomic E-state index is 0.295. The van der Waals surface area contributed by atoms with Crippen LogP contribution in [-0.4, -0.2) is 12.6 Å². The monoisotopic (exact) mass is 318 g/mol. The molecule has 0 N–H and O–H groups in total. The second-order valence-electron chi connectivity index (χ2n) is 3.13. The van der Waals surface area contributed by atoms with Crippen molar-refractivity contribution in [3.05, 3.63) is 32.6 Å². The minimum atomic E-state index is -0.295. The third-order valence-electron chi connectivity index (χ3n) is 2.03. The average molecular weight is 320 g/mol. The molecule has 5 heteroatoms. The number of benzene rings is 1. The van der Waals surface area contributed by atoms with Crippen LogP contribution in [-0.2, 0) is 4.74 Å². The van der Waals surface area contributed by atoms with Crippen molar-refractivity contribution in [2.45, 2.75) is 6.92 Å². The van der Waals surface area contributed by atoms with Crippen molar-refractivity contribution < 1.29 is 9.53 Å². The Bertz CT molecular complexity index is 550. The van der Waals surface area contributed by atoms with Gasteiger partial charge >= 0.3 is 5.97 Å². The number of carbonyl (C=O) groups excluding carboxylic acids is 1. The Hall–Kier alpha value is -0.580. The summed E-state index contributed by atoms with van der Waals surface area (Å²) in [4.78, 5) is 12.1. The second kappa shape index (κ2) is 4.73. The molecule has 2 rings (SSSR count). The van der Waals surface area contributed by atoms with E-state index in [-0.39, 0.29) is 5.97 Å². The summed E-state index contributed by atoms with van der Waals surface area (Å²) in [5, 5.41) is 1.52. The van der Waals surface area contributed by atoms with Gasteiger partial charge < -0.3 is 4.74 Å². The van der Waals surface area contributed by atoms with Crippen LogP contribution in [0.3, 0.4) is 0 Å². The molecule has 0 amide bonds. The van der Waals surface area contributed by atoms with E-state index in [0.717, 1.165) is 14.6 Å². The maximum atomic E-state index is 11.5. The molecule has 2 nitrogen and oxygen atoms in total. The van der Waals surface area contributed by atoms with E-state index in [1.165, 1.54) is 11.3 Å². The van der Waals surface area contributed by atoms with Crippen molar-refractivity contribution in [1.82, 2.24) is 0 Å². The molecule has 1 aromatic carbocycles. The largest absolute Gasteiger partial charge is 0.462 e. The fourth-order valence-electron chi connectivity index (χ4n) is 1.37. The van der Waals surface area contributed by atoms with Gasteiger partial charge in [-0.1, -0.05) is 27.5 Å². The van der Waals surface area contributed by atoms with Crippen molar-refractivity contribution in [3.63, 3.8) is 0 Å². The molecule has 0 bridgehead atoms. The Kier molecular flexibility index (Phi) is 3.52. The fourth-order valence-corrected chi connectivity index (χ4v) is 3.46. The van der Waals surface area contributed by atoms with E-state index in [0.29, 0.717) is 16.5 Å². The summed E-state index contributed by atoms with van der Waals surface area (Å²) in [6.45, 7) is 2.17. The van der Waals surface area contributed by atoms with E-state index in [4.69, 9.17) is 16.3 Å². The van der Waals surface area contributed by atoms with E-state index in [2.05, 4.69) is 15.9 Å². The van der Waals surface area contributed by atoms with Crippen molar-refractivity contribution in [2.24, 2.45) is 0 Å². The van der Waals surface area contributed by atoms with Gasteiger partial charge in [0.05, 0.1) is 11.6 Å². The molecule has 1 aromatic heterocycles. The highest BCUT2D eigenvalue weighted by Gasteiger charge is 2.13. The van der Waals surface area contributed by atoms with Gasteiger partial charge in [0.1, 0.15) is 4.88 Å². The first kappa shape index (κ1) is 11.9. The first-order chi connectivity index (χ1) is 7.61. The molecule has 0 saturated carbocycles. The molecule has 0 aliphatic rings. The smallest absolute Gasteiger partial charge is 0.348 e. The number of ether oxygens (including phenoxy) is 1. The SMILES string of the molecule is CCOC(=O)c1cc2c(Cl)cc(Br)cc2s1. The lowest BCUT2D eigenvalue weighted by Crippen LogP contribution is -2.01. The fraction of sp³-hybridized carbons (Fsp3) is 0.182. The van der Waals surface area contributed by atoms with Gasteiger partial charge in [0.2, 0.25) is 0 Å². The van der Waals surface area contributed by atoms with E-state index in [1.54, 1.807) is 13.0 Å². The zero-order chi connectivity index (χ0) is 11.7. The summed E-state index contributed by atoms with van der Waals surface area (Å²) in [5.41, 5.74) is 0. The number of rotatable bonds is 2.